The molecule has 0 saturated carbocycles. The summed E-state index contributed by atoms with van der Waals surface area (Å²) in [7, 11) is 1.78. The molecule has 6 nitrogen and oxygen atoms in total. The lowest BCUT2D eigenvalue weighted by atomic mass is 10.1. The van der Waals surface area contributed by atoms with Crippen LogP contribution in [0.5, 0.6) is 5.75 Å². The minimum absolute atomic E-state index is 0.679. The Morgan fingerprint density at radius 2 is 2.20 bits per heavy atom. The van der Waals surface area contributed by atoms with Gasteiger partial charge in [0.2, 0.25) is 0 Å². The standard InChI is InChI=1S/C19H29N5O/c1-4-13-25-18-14-16(2)7-8-17(18)15-22-19(20-3)21-9-5-11-24-12-6-10-23-24/h6-8,10,12,14H,4-5,9,11,13,15H2,1-3H3,(H2,20,21,22). The van der Waals surface area contributed by atoms with Gasteiger partial charge >= 0.3 is 0 Å². The van der Waals surface area contributed by atoms with Crippen molar-refractivity contribution in [1.29, 1.82) is 0 Å². The smallest absolute Gasteiger partial charge is 0.191 e. The van der Waals surface area contributed by atoms with Crippen LogP contribution in [0, 0.1) is 6.92 Å². The molecule has 0 aliphatic carbocycles. The molecule has 1 aromatic heterocycles. The lowest BCUT2D eigenvalue weighted by Gasteiger charge is -2.15. The van der Waals surface area contributed by atoms with Crippen LogP contribution in [0.15, 0.2) is 41.7 Å². The van der Waals surface area contributed by atoms with Crippen molar-refractivity contribution in [3.05, 3.63) is 47.8 Å². The van der Waals surface area contributed by atoms with Crippen LogP contribution in [0.4, 0.5) is 0 Å². The van der Waals surface area contributed by atoms with Crippen molar-refractivity contribution < 1.29 is 4.74 Å². The molecule has 0 bridgehead atoms. The topological polar surface area (TPSA) is 63.5 Å². The van der Waals surface area contributed by atoms with Gasteiger partial charge in [-0.25, -0.2) is 0 Å². The van der Waals surface area contributed by atoms with E-state index in [1.165, 1.54) is 5.56 Å². The molecule has 0 amide bonds. The van der Waals surface area contributed by atoms with E-state index in [4.69, 9.17) is 4.74 Å². The van der Waals surface area contributed by atoms with Crippen LogP contribution in [0.3, 0.4) is 0 Å². The largest absolute Gasteiger partial charge is 0.493 e. The van der Waals surface area contributed by atoms with Crippen LogP contribution in [0.2, 0.25) is 0 Å². The average Bonchev–Trinajstić information content (AvgIpc) is 3.14. The number of hydrogen-bond donors (Lipinski definition) is 2. The molecule has 0 fully saturated rings. The van der Waals surface area contributed by atoms with Gasteiger partial charge in [-0.3, -0.25) is 9.67 Å². The van der Waals surface area contributed by atoms with Crippen LogP contribution in [-0.2, 0) is 13.1 Å². The van der Waals surface area contributed by atoms with Crippen molar-refractivity contribution >= 4 is 5.96 Å². The van der Waals surface area contributed by atoms with E-state index in [2.05, 4.69) is 52.8 Å². The van der Waals surface area contributed by atoms with Crippen molar-refractivity contribution in [3.63, 3.8) is 0 Å². The van der Waals surface area contributed by atoms with Gasteiger partial charge in [-0.15, -0.1) is 0 Å². The zero-order valence-electron chi connectivity index (χ0n) is 15.5. The second-order valence-electron chi connectivity index (χ2n) is 5.93. The molecule has 0 unspecified atom stereocenters. The lowest BCUT2D eigenvalue weighted by molar-refractivity contribution is 0.313. The number of aryl methyl sites for hydroxylation is 2. The Kier molecular flexibility index (Phi) is 7.82. The van der Waals surface area contributed by atoms with Gasteiger partial charge in [0.1, 0.15) is 5.75 Å². The lowest BCUT2D eigenvalue weighted by Crippen LogP contribution is -2.37. The molecule has 0 aliphatic heterocycles. The first kappa shape index (κ1) is 18.8. The maximum Gasteiger partial charge on any atom is 0.191 e. The van der Waals surface area contributed by atoms with Gasteiger partial charge in [-0.1, -0.05) is 19.1 Å². The summed E-state index contributed by atoms with van der Waals surface area (Å²) < 4.78 is 7.80. The third kappa shape index (κ3) is 6.49. The molecule has 136 valence electrons. The molecule has 1 heterocycles. The molecule has 2 N–H and O–H groups in total. The van der Waals surface area contributed by atoms with Gasteiger partial charge in [0.05, 0.1) is 6.61 Å². The fourth-order valence-corrected chi connectivity index (χ4v) is 2.43. The van der Waals surface area contributed by atoms with E-state index >= 15 is 0 Å². The van der Waals surface area contributed by atoms with Crippen LogP contribution in [0.1, 0.15) is 30.9 Å². The summed E-state index contributed by atoms with van der Waals surface area (Å²) in [6.45, 7) is 7.34. The number of rotatable bonds is 9. The Bertz CT molecular complexity index is 652. The number of aromatic nitrogens is 2. The first-order valence-electron chi connectivity index (χ1n) is 8.87. The van der Waals surface area contributed by atoms with E-state index in [9.17, 15) is 0 Å². The summed E-state index contributed by atoms with van der Waals surface area (Å²) in [4.78, 5) is 4.28. The van der Waals surface area contributed by atoms with Crippen LogP contribution in [-0.4, -0.2) is 35.9 Å². The van der Waals surface area contributed by atoms with Gasteiger partial charge in [0, 0.05) is 44.6 Å². The highest BCUT2D eigenvalue weighted by atomic mass is 16.5. The second-order valence-corrected chi connectivity index (χ2v) is 5.93. The summed E-state index contributed by atoms with van der Waals surface area (Å²) in [5.74, 6) is 1.74. The number of ether oxygens (including phenoxy) is 1. The quantitative estimate of drug-likeness (QED) is 0.417. The highest BCUT2D eigenvalue weighted by Gasteiger charge is 2.05. The van der Waals surface area contributed by atoms with E-state index in [-0.39, 0.29) is 0 Å². The molecule has 0 spiro atoms. The van der Waals surface area contributed by atoms with E-state index in [1.54, 1.807) is 13.2 Å². The van der Waals surface area contributed by atoms with Gasteiger partial charge in [-0.2, -0.15) is 5.10 Å². The Morgan fingerprint density at radius 1 is 1.32 bits per heavy atom. The molecule has 1 aromatic carbocycles. The van der Waals surface area contributed by atoms with Crippen molar-refractivity contribution in [2.45, 2.75) is 39.8 Å². The highest BCUT2D eigenvalue weighted by molar-refractivity contribution is 5.79. The third-order valence-corrected chi connectivity index (χ3v) is 3.77. The fraction of sp³-hybridized carbons (Fsp3) is 0.474. The average molecular weight is 343 g/mol. The third-order valence-electron chi connectivity index (χ3n) is 3.77. The minimum Gasteiger partial charge on any atom is -0.493 e. The Hall–Kier alpha value is -2.50. The molecule has 6 heteroatoms. The zero-order chi connectivity index (χ0) is 17.9. The molecule has 2 rings (SSSR count). The van der Waals surface area contributed by atoms with E-state index in [1.807, 2.05) is 16.9 Å². The number of nitrogens with zero attached hydrogens (tertiary/aromatic N) is 3. The summed E-state index contributed by atoms with van der Waals surface area (Å²) >= 11 is 0. The highest BCUT2D eigenvalue weighted by Crippen LogP contribution is 2.20. The van der Waals surface area contributed by atoms with Gasteiger partial charge < -0.3 is 15.4 Å². The molecule has 25 heavy (non-hydrogen) atoms. The first-order valence-corrected chi connectivity index (χ1v) is 8.87. The Labute approximate surface area is 150 Å². The SMILES string of the molecule is CCCOc1cc(C)ccc1CNC(=NC)NCCCn1cccn1. The summed E-state index contributed by atoms with van der Waals surface area (Å²) in [5, 5.41) is 10.9. The van der Waals surface area contributed by atoms with Gasteiger partial charge in [0.15, 0.2) is 5.96 Å². The van der Waals surface area contributed by atoms with Crippen LogP contribution in [0.25, 0.3) is 0 Å². The molecular weight excluding hydrogens is 314 g/mol. The normalized spacial score (nSPS) is 11.4. The van der Waals surface area contributed by atoms with Crippen molar-refractivity contribution in [2.75, 3.05) is 20.2 Å². The summed E-state index contributed by atoms with van der Waals surface area (Å²) in [6.07, 6.45) is 5.76. The maximum atomic E-state index is 5.86. The number of benzene rings is 1. The van der Waals surface area contributed by atoms with Crippen molar-refractivity contribution in [2.24, 2.45) is 4.99 Å². The van der Waals surface area contributed by atoms with E-state index in [0.717, 1.165) is 49.8 Å². The van der Waals surface area contributed by atoms with E-state index < -0.39 is 0 Å². The molecule has 2 aromatic rings. The molecule has 0 atom stereocenters. The molecule has 0 aliphatic rings. The monoisotopic (exact) mass is 343 g/mol. The molecule has 0 saturated heterocycles. The fourth-order valence-electron chi connectivity index (χ4n) is 2.43. The second kappa shape index (κ2) is 10.4. The molecular formula is C19H29N5O. The summed E-state index contributed by atoms with van der Waals surface area (Å²) in [6, 6.07) is 8.25. The van der Waals surface area contributed by atoms with Gasteiger partial charge in [-0.05, 0) is 37.5 Å². The number of guanidine groups is 1. The number of nitrogens with one attached hydrogen (secondary N) is 2. The number of aliphatic imine (C=N–C) groups is 1. The zero-order valence-corrected chi connectivity index (χ0v) is 15.5. The maximum absolute atomic E-state index is 5.86. The van der Waals surface area contributed by atoms with E-state index in [0.29, 0.717) is 6.54 Å². The van der Waals surface area contributed by atoms with Crippen LogP contribution < -0.4 is 15.4 Å². The first-order chi connectivity index (χ1) is 12.2. The predicted octanol–water partition coefficient (Wildman–Crippen LogP) is 2.74. The summed E-state index contributed by atoms with van der Waals surface area (Å²) in [5.41, 5.74) is 2.34. The van der Waals surface area contributed by atoms with Gasteiger partial charge in [0.25, 0.3) is 0 Å². The Balaban J connectivity index is 1.79. The van der Waals surface area contributed by atoms with Crippen molar-refractivity contribution in [3.8, 4) is 5.75 Å². The van der Waals surface area contributed by atoms with Crippen molar-refractivity contribution in [1.82, 2.24) is 20.4 Å². The van der Waals surface area contributed by atoms with Crippen LogP contribution >= 0.6 is 0 Å². The minimum atomic E-state index is 0.679. The molecule has 0 radical (unpaired) electrons. The number of hydrogen-bond acceptors (Lipinski definition) is 3. The Morgan fingerprint density at radius 3 is 2.92 bits per heavy atom. The predicted molar refractivity (Wildman–Crippen MR) is 102 cm³/mol.